The summed E-state index contributed by atoms with van der Waals surface area (Å²) in [5.74, 6) is 0.229. The zero-order chi connectivity index (χ0) is 12.2. The number of carbonyl (C=O) groups is 1. The normalized spacial score (nSPS) is 14.9. The molecule has 1 atom stereocenters. The fourth-order valence-corrected chi connectivity index (χ4v) is 5.60. The third-order valence-corrected chi connectivity index (χ3v) is 5.40. The Labute approximate surface area is 101 Å². The van der Waals surface area contributed by atoms with Crippen molar-refractivity contribution in [3.8, 4) is 0 Å². The number of rotatable bonds is 5. The molecule has 3 nitrogen and oxygen atoms in total. The molecule has 0 aromatic carbocycles. The number of aromatic nitrogens is 1. The van der Waals surface area contributed by atoms with Crippen molar-refractivity contribution < 1.29 is 23.3 Å². The summed E-state index contributed by atoms with van der Waals surface area (Å²) < 4.78 is 2.29. The zero-order valence-electron chi connectivity index (χ0n) is 9.57. The summed E-state index contributed by atoms with van der Waals surface area (Å²) in [7, 11) is 1.97. The molecule has 0 bridgehead atoms. The van der Waals surface area contributed by atoms with E-state index in [1.165, 1.54) is 0 Å². The summed E-state index contributed by atoms with van der Waals surface area (Å²) in [5.41, 5.74) is 1.06. The summed E-state index contributed by atoms with van der Waals surface area (Å²) in [6.07, 6.45) is 4.00. The van der Waals surface area contributed by atoms with Crippen LogP contribution in [0.5, 0.6) is 0 Å². The van der Waals surface area contributed by atoms with E-state index in [2.05, 4.69) is 30.4 Å². The molecule has 0 aliphatic rings. The van der Waals surface area contributed by atoms with Gasteiger partial charge in [-0.3, -0.25) is 0 Å². The standard InChI is InChI=1S/C11H14N2O.Rf.Rh/c1-9(8-12-2)11(14)7-10-3-5-13-6-4-10;;/h3-6H,7-8H2,1-2H3;;/q-1;;+1. The summed E-state index contributed by atoms with van der Waals surface area (Å²) in [6, 6.07) is 3.82. The second-order valence-corrected chi connectivity index (χ2v) is 12.6. The van der Waals surface area contributed by atoms with Crippen LogP contribution >= 0.6 is 0 Å². The van der Waals surface area contributed by atoms with Crippen molar-refractivity contribution in [2.45, 2.75) is 19.3 Å². The molecule has 0 saturated heterocycles. The van der Waals surface area contributed by atoms with Crippen LogP contribution < -0.4 is 0 Å². The average molecular weight is 560 g/mol. The number of Topliss-reactive ketones (excluding diaryl/α,β-unsaturated/α-hetero) is 1. The second kappa shape index (κ2) is 4.95. The SMILES string of the molecule is C[N]([Rh])C[C](C)([Rf])C(=O)Cc1ccncc1. The number of hydrogen-bond acceptors (Lipinski definition) is 3. The minimum absolute atomic E-state index is 0.117. The van der Waals surface area contributed by atoms with E-state index in [9.17, 15) is 4.79 Å². The molecule has 16 heavy (non-hydrogen) atoms. The van der Waals surface area contributed by atoms with Gasteiger partial charge in [0.25, 0.3) is 0 Å². The maximum atomic E-state index is 12.2. The van der Waals surface area contributed by atoms with Crippen LogP contribution in [-0.4, -0.2) is 28.0 Å². The van der Waals surface area contributed by atoms with Gasteiger partial charge in [-0.2, -0.15) is 0 Å². The van der Waals surface area contributed by atoms with Crippen LogP contribution in [0.2, 0.25) is 5.92 Å². The van der Waals surface area contributed by atoms with Gasteiger partial charge in [-0.15, -0.1) is 0 Å². The van der Waals surface area contributed by atoms with Crippen molar-refractivity contribution in [1.29, 1.82) is 0 Å². The summed E-state index contributed by atoms with van der Waals surface area (Å²) in [5, 5.41) is 0. The Kier molecular flexibility index (Phi) is 3.86. The molecular weight excluding hydrogens is 546 g/mol. The number of ketones is 1. The van der Waals surface area contributed by atoms with Crippen LogP contribution in [0.3, 0.4) is 0 Å². The van der Waals surface area contributed by atoms with E-state index in [0.29, 0.717) is 12.2 Å². The molecule has 1 aromatic heterocycles. The van der Waals surface area contributed by atoms with Crippen LogP contribution in [-0.2, 0) is 29.8 Å². The van der Waals surface area contributed by atoms with Crippen LogP contribution in [0.25, 0.3) is 0 Å². The molecule has 1 rings (SSSR count). The van der Waals surface area contributed by atoms with Gasteiger partial charge in [0.15, 0.2) is 0 Å². The molecule has 0 radical (unpaired) electrons. The van der Waals surface area contributed by atoms with Crippen molar-refractivity contribution in [3.63, 3.8) is 0 Å². The predicted octanol–water partition coefficient (Wildman–Crippen LogP) is 1.31. The Morgan fingerprint density at radius 3 is 2.62 bits per heavy atom. The molecule has 1 unspecified atom stereocenters. The van der Waals surface area contributed by atoms with Gasteiger partial charge in [0.2, 0.25) is 0 Å². The van der Waals surface area contributed by atoms with Crippen molar-refractivity contribution >= 4 is 5.78 Å². The van der Waals surface area contributed by atoms with Gasteiger partial charge in [-0.25, -0.2) is 0 Å². The number of nitrogens with zero attached hydrogens (tertiary/aromatic N) is 2. The Morgan fingerprint density at radius 1 is 1.56 bits per heavy atom. The maximum absolute atomic E-state index is 12.2. The Hall–Kier alpha value is -1.60. The van der Waals surface area contributed by atoms with Gasteiger partial charge in [-0.05, 0) is 0 Å². The van der Waals surface area contributed by atoms with Crippen molar-refractivity contribution in [2.75, 3.05) is 13.6 Å². The van der Waals surface area contributed by atoms with E-state index in [4.69, 9.17) is 0 Å². The fourth-order valence-electron chi connectivity index (χ4n) is 1.45. The molecule has 5 heteroatoms. The molecule has 1 aromatic rings. The van der Waals surface area contributed by atoms with Crippen LogP contribution in [0, 0.1) is 0 Å². The molecule has 0 N–H and O–H groups in total. The minimum atomic E-state index is -0.117. The number of carbonyl (C=O) groups excluding carboxylic acids is 1. The first-order chi connectivity index (χ1) is 7.42. The van der Waals surface area contributed by atoms with E-state index in [1.807, 2.05) is 22.8 Å². The van der Waals surface area contributed by atoms with Crippen molar-refractivity contribution in [2.24, 2.45) is 0 Å². The van der Waals surface area contributed by atoms with Gasteiger partial charge in [0, 0.05) is 0 Å². The van der Waals surface area contributed by atoms with Crippen LogP contribution in [0.1, 0.15) is 12.5 Å². The van der Waals surface area contributed by atoms with Crippen LogP contribution in [0.4, 0.5) is 0 Å². The van der Waals surface area contributed by atoms with Gasteiger partial charge in [0.05, 0.1) is 0 Å². The Bertz CT molecular complexity index is 354. The summed E-state index contributed by atoms with van der Waals surface area (Å²) in [6.45, 7) is 2.89. The quantitative estimate of drug-likeness (QED) is 0.510. The summed E-state index contributed by atoms with van der Waals surface area (Å²) in [4.78, 5) is 16.1. The Balaban J connectivity index is 2.65. The molecule has 0 spiro atoms. The second-order valence-electron chi connectivity index (χ2n) is 4.24. The zero-order valence-corrected chi connectivity index (χ0v) is 17.6. The first-order valence-electron chi connectivity index (χ1n) is 5.04. The van der Waals surface area contributed by atoms with Gasteiger partial charge >= 0.3 is 101 Å². The predicted molar refractivity (Wildman–Crippen MR) is 53.9 cm³/mol. The van der Waals surface area contributed by atoms with Gasteiger partial charge in [0.1, 0.15) is 0 Å². The van der Waals surface area contributed by atoms with Crippen LogP contribution in [0.15, 0.2) is 24.5 Å². The Morgan fingerprint density at radius 2 is 2.12 bits per heavy atom. The fraction of sp³-hybridized carbons (Fsp3) is 0.455. The monoisotopic (exact) mass is 560 g/mol. The van der Waals surface area contributed by atoms with E-state index in [-0.39, 0.29) is 5.92 Å². The molecule has 0 fully saturated rings. The van der Waals surface area contributed by atoms with E-state index in [1.54, 1.807) is 12.4 Å². The molecule has 85 valence electrons. The van der Waals surface area contributed by atoms with Crippen molar-refractivity contribution in [3.05, 3.63) is 30.1 Å². The van der Waals surface area contributed by atoms with E-state index >= 15 is 0 Å². The average Bonchev–Trinajstić information content (AvgIpc) is 2.17. The molecule has 1 heterocycles. The van der Waals surface area contributed by atoms with Crippen molar-refractivity contribution in [1.82, 2.24) is 8.63 Å². The third kappa shape index (κ3) is 3.52. The summed E-state index contributed by atoms with van der Waals surface area (Å²) >= 11 is 2.81. The molecule has 0 amide bonds. The molecule has 0 aliphatic carbocycles. The number of hydrogen-bond donors (Lipinski definition) is 0. The van der Waals surface area contributed by atoms with Gasteiger partial charge in [-0.1, -0.05) is 0 Å². The molecule has 0 saturated carbocycles. The van der Waals surface area contributed by atoms with Gasteiger partial charge < -0.3 is 0 Å². The van der Waals surface area contributed by atoms with E-state index in [0.717, 1.165) is 12.1 Å². The molecule has 0 aliphatic heterocycles. The number of pyridine rings is 1. The first kappa shape index (κ1) is 12.5. The third-order valence-electron chi connectivity index (χ3n) is 2.35. The first-order valence-corrected chi connectivity index (χ1v) is 8.97. The topological polar surface area (TPSA) is 33.2 Å². The van der Waals surface area contributed by atoms with E-state index < -0.39 is 0 Å². The molecular formula is C11H14N2ORfRh.